The molecule has 0 spiro atoms. The van der Waals surface area contributed by atoms with Crippen LogP contribution in [0.5, 0.6) is 0 Å². The van der Waals surface area contributed by atoms with E-state index in [-0.39, 0.29) is 23.7 Å². The Morgan fingerprint density at radius 3 is 2.53 bits per heavy atom. The van der Waals surface area contributed by atoms with Gasteiger partial charge in [-0.05, 0) is 67.1 Å². The molecule has 1 fully saturated rings. The van der Waals surface area contributed by atoms with Gasteiger partial charge in [-0.3, -0.25) is 9.59 Å². The summed E-state index contributed by atoms with van der Waals surface area (Å²) in [5, 5.41) is 0. The molecule has 0 unspecified atom stereocenters. The molecule has 1 aliphatic heterocycles. The van der Waals surface area contributed by atoms with Crippen LogP contribution in [0.15, 0.2) is 42.5 Å². The van der Waals surface area contributed by atoms with Crippen molar-refractivity contribution in [3.63, 3.8) is 0 Å². The van der Waals surface area contributed by atoms with E-state index in [2.05, 4.69) is 0 Å². The number of nitrogens with zero attached hydrogens (tertiary/aromatic N) is 2. The summed E-state index contributed by atoms with van der Waals surface area (Å²) in [4.78, 5) is 29.5. The first-order chi connectivity index (χ1) is 14.6. The third-order valence-corrected chi connectivity index (χ3v) is 6.41. The Morgan fingerprint density at radius 1 is 1.10 bits per heavy atom. The number of hydrogen-bond acceptors (Lipinski definition) is 2. The second-order valence-electron chi connectivity index (χ2n) is 8.31. The van der Waals surface area contributed by atoms with E-state index < -0.39 is 0 Å². The van der Waals surface area contributed by atoms with Crippen LogP contribution in [-0.2, 0) is 17.6 Å². The number of benzene rings is 2. The van der Waals surface area contributed by atoms with Gasteiger partial charge in [0.2, 0.25) is 5.91 Å². The molecule has 2 aromatic carbocycles. The van der Waals surface area contributed by atoms with Crippen molar-refractivity contribution in [1.82, 2.24) is 4.90 Å². The summed E-state index contributed by atoms with van der Waals surface area (Å²) in [6.07, 6.45) is 6.39. The van der Waals surface area contributed by atoms with Gasteiger partial charge in [-0.15, -0.1) is 0 Å². The molecule has 0 bridgehead atoms. The molecule has 0 N–H and O–H groups in total. The zero-order valence-corrected chi connectivity index (χ0v) is 17.6. The smallest absolute Gasteiger partial charge is 0.254 e. The Labute approximate surface area is 177 Å². The SMILES string of the molecule is CCC(=O)N1CCc2cc(C(=O)N(CCc3ccc(F)cc3)C3CCCC3)ccc21. The predicted octanol–water partition coefficient (Wildman–Crippen LogP) is 4.75. The number of rotatable bonds is 6. The largest absolute Gasteiger partial charge is 0.335 e. The third-order valence-electron chi connectivity index (χ3n) is 6.41. The van der Waals surface area contributed by atoms with Crippen molar-refractivity contribution in [3.05, 3.63) is 65.0 Å². The molecule has 0 aromatic heterocycles. The van der Waals surface area contributed by atoms with Crippen LogP contribution in [0.2, 0.25) is 0 Å². The van der Waals surface area contributed by atoms with Crippen molar-refractivity contribution in [3.8, 4) is 0 Å². The maximum absolute atomic E-state index is 13.5. The zero-order valence-electron chi connectivity index (χ0n) is 17.6. The van der Waals surface area contributed by atoms with Gasteiger partial charge < -0.3 is 9.80 Å². The van der Waals surface area contributed by atoms with E-state index in [1.54, 1.807) is 12.1 Å². The molecule has 2 aromatic rings. The number of halogens is 1. The lowest BCUT2D eigenvalue weighted by Gasteiger charge is -2.29. The molecule has 1 saturated carbocycles. The fraction of sp³-hybridized carbons (Fsp3) is 0.440. The van der Waals surface area contributed by atoms with E-state index in [0.717, 1.165) is 48.9 Å². The van der Waals surface area contributed by atoms with Crippen LogP contribution < -0.4 is 4.90 Å². The standard InChI is InChI=1S/C25H29FN2O2/c1-2-24(29)28-16-14-19-17-20(9-12-23(19)28)25(30)27(22-5-3-4-6-22)15-13-18-7-10-21(26)11-8-18/h7-12,17,22H,2-6,13-16H2,1H3. The number of fused-ring (bicyclic) bond motifs is 1. The lowest BCUT2D eigenvalue weighted by molar-refractivity contribution is -0.118. The fourth-order valence-corrected chi connectivity index (χ4v) is 4.72. The summed E-state index contributed by atoms with van der Waals surface area (Å²) in [7, 11) is 0. The third kappa shape index (κ3) is 4.25. The Kier molecular flexibility index (Phi) is 6.16. The monoisotopic (exact) mass is 408 g/mol. The lowest BCUT2D eigenvalue weighted by Crippen LogP contribution is -2.40. The van der Waals surface area contributed by atoms with Crippen LogP contribution in [-0.4, -0.2) is 35.8 Å². The Hall–Kier alpha value is -2.69. The topological polar surface area (TPSA) is 40.6 Å². The maximum Gasteiger partial charge on any atom is 0.254 e. The van der Waals surface area contributed by atoms with Crippen molar-refractivity contribution >= 4 is 17.5 Å². The minimum atomic E-state index is -0.240. The van der Waals surface area contributed by atoms with Crippen molar-refractivity contribution in [2.45, 2.75) is 57.9 Å². The molecule has 2 amide bonds. The summed E-state index contributed by atoms with van der Waals surface area (Å²) in [6, 6.07) is 12.6. The van der Waals surface area contributed by atoms with Crippen LogP contribution in [0.1, 0.15) is 60.5 Å². The average molecular weight is 409 g/mol. The maximum atomic E-state index is 13.5. The minimum absolute atomic E-state index is 0.0621. The first-order valence-corrected chi connectivity index (χ1v) is 11.1. The normalized spacial score (nSPS) is 16.0. The summed E-state index contributed by atoms with van der Waals surface area (Å²) in [5.41, 5.74) is 3.75. The summed E-state index contributed by atoms with van der Waals surface area (Å²) < 4.78 is 13.2. The molecule has 2 aliphatic rings. The Balaban J connectivity index is 1.53. The molecule has 158 valence electrons. The summed E-state index contributed by atoms with van der Waals surface area (Å²) >= 11 is 0. The molecule has 30 heavy (non-hydrogen) atoms. The van der Waals surface area contributed by atoms with E-state index in [0.29, 0.717) is 31.5 Å². The zero-order chi connectivity index (χ0) is 21.1. The first-order valence-electron chi connectivity index (χ1n) is 11.1. The van der Waals surface area contributed by atoms with Crippen molar-refractivity contribution in [2.24, 2.45) is 0 Å². The van der Waals surface area contributed by atoms with Gasteiger partial charge in [0.05, 0.1) is 0 Å². The van der Waals surface area contributed by atoms with E-state index >= 15 is 0 Å². The van der Waals surface area contributed by atoms with Crippen LogP contribution in [0.25, 0.3) is 0 Å². The van der Waals surface area contributed by atoms with Gasteiger partial charge in [0, 0.05) is 36.8 Å². The predicted molar refractivity (Wildman–Crippen MR) is 116 cm³/mol. The molecule has 1 heterocycles. The summed E-state index contributed by atoms with van der Waals surface area (Å²) in [6.45, 7) is 3.20. The average Bonchev–Trinajstić information content (AvgIpc) is 3.44. The number of carbonyl (C=O) groups excluding carboxylic acids is 2. The van der Waals surface area contributed by atoms with Gasteiger partial charge in [-0.25, -0.2) is 4.39 Å². The quantitative estimate of drug-likeness (QED) is 0.692. The van der Waals surface area contributed by atoms with Crippen molar-refractivity contribution in [2.75, 3.05) is 18.0 Å². The highest BCUT2D eigenvalue weighted by Crippen LogP contribution is 2.31. The van der Waals surface area contributed by atoms with Gasteiger partial charge in [0.1, 0.15) is 5.82 Å². The molecule has 0 atom stereocenters. The molecule has 4 nitrogen and oxygen atoms in total. The first kappa shape index (κ1) is 20.6. The molecule has 0 saturated heterocycles. The number of amides is 2. The molecule has 1 aliphatic carbocycles. The van der Waals surface area contributed by atoms with Crippen LogP contribution in [0, 0.1) is 5.82 Å². The van der Waals surface area contributed by atoms with Crippen molar-refractivity contribution in [1.29, 1.82) is 0 Å². The Bertz CT molecular complexity index is 919. The highest BCUT2D eigenvalue weighted by Gasteiger charge is 2.29. The van der Waals surface area contributed by atoms with Gasteiger partial charge in [-0.1, -0.05) is 31.9 Å². The minimum Gasteiger partial charge on any atom is -0.335 e. The van der Waals surface area contributed by atoms with E-state index in [4.69, 9.17) is 0 Å². The van der Waals surface area contributed by atoms with Crippen LogP contribution in [0.4, 0.5) is 10.1 Å². The van der Waals surface area contributed by atoms with Crippen LogP contribution >= 0.6 is 0 Å². The highest BCUT2D eigenvalue weighted by atomic mass is 19.1. The molecular formula is C25H29FN2O2. The Morgan fingerprint density at radius 2 is 1.83 bits per heavy atom. The van der Waals surface area contributed by atoms with E-state index in [1.807, 2.05) is 34.9 Å². The molecule has 0 radical (unpaired) electrons. The van der Waals surface area contributed by atoms with E-state index in [9.17, 15) is 14.0 Å². The number of carbonyl (C=O) groups is 2. The molecule has 5 heteroatoms. The number of anilines is 1. The van der Waals surface area contributed by atoms with Gasteiger partial charge in [0.15, 0.2) is 0 Å². The number of hydrogen-bond donors (Lipinski definition) is 0. The van der Waals surface area contributed by atoms with Gasteiger partial charge in [-0.2, -0.15) is 0 Å². The van der Waals surface area contributed by atoms with Crippen molar-refractivity contribution < 1.29 is 14.0 Å². The molecule has 4 rings (SSSR count). The highest BCUT2D eigenvalue weighted by molar-refractivity contribution is 5.98. The fourth-order valence-electron chi connectivity index (χ4n) is 4.72. The van der Waals surface area contributed by atoms with Gasteiger partial charge in [0.25, 0.3) is 5.91 Å². The lowest BCUT2D eigenvalue weighted by atomic mass is 10.0. The van der Waals surface area contributed by atoms with Gasteiger partial charge >= 0.3 is 0 Å². The summed E-state index contributed by atoms with van der Waals surface area (Å²) in [5.74, 6) is -0.0528. The second-order valence-corrected chi connectivity index (χ2v) is 8.31. The van der Waals surface area contributed by atoms with Crippen LogP contribution in [0.3, 0.4) is 0 Å². The molecular weight excluding hydrogens is 379 g/mol. The van der Waals surface area contributed by atoms with E-state index in [1.165, 1.54) is 12.1 Å². The second kappa shape index (κ2) is 8.99.